The fraction of sp³-hybridized carbons (Fsp3) is 0.450. The molecular weight excluding hydrogens is 507 g/mol. The van der Waals surface area contributed by atoms with Crippen molar-refractivity contribution < 1.29 is 22.3 Å². The van der Waals surface area contributed by atoms with Crippen LogP contribution in [0.1, 0.15) is 44.9 Å². The Morgan fingerprint density at radius 1 is 1.25 bits per heavy atom. The third kappa shape index (κ3) is 6.52. The summed E-state index contributed by atoms with van der Waals surface area (Å²) >= 11 is 3.14. The van der Waals surface area contributed by atoms with Gasteiger partial charge < -0.3 is 15.4 Å². The first-order valence-corrected chi connectivity index (χ1v) is 12.5. The number of carbonyl (C=O) groups excluding carboxylic acids is 1. The maximum absolute atomic E-state index is 13.8. The number of rotatable bonds is 8. The van der Waals surface area contributed by atoms with Gasteiger partial charge in [0.2, 0.25) is 20.9 Å². The van der Waals surface area contributed by atoms with E-state index in [1.807, 2.05) is 13.8 Å². The van der Waals surface area contributed by atoms with E-state index in [9.17, 15) is 22.4 Å². The summed E-state index contributed by atoms with van der Waals surface area (Å²) in [6.07, 6.45) is 0.956. The number of hydrogen-bond acceptors (Lipinski definition) is 6. The highest BCUT2D eigenvalue weighted by molar-refractivity contribution is 9.10. The summed E-state index contributed by atoms with van der Waals surface area (Å²) in [4.78, 5) is 28.6. The van der Waals surface area contributed by atoms with Gasteiger partial charge in [-0.3, -0.25) is 9.36 Å². The van der Waals surface area contributed by atoms with Crippen LogP contribution >= 0.6 is 15.9 Å². The van der Waals surface area contributed by atoms with Gasteiger partial charge in [0.1, 0.15) is 16.9 Å². The van der Waals surface area contributed by atoms with Gasteiger partial charge in [0.25, 0.3) is 5.56 Å². The number of amides is 2. The summed E-state index contributed by atoms with van der Waals surface area (Å²) in [5.74, 6) is -0.693. The van der Waals surface area contributed by atoms with Gasteiger partial charge in [0.15, 0.2) is 0 Å². The molecule has 2 rings (SSSR count). The average molecular weight is 533 g/mol. The Labute approximate surface area is 194 Å². The third-order valence-corrected chi connectivity index (χ3v) is 5.87. The second-order valence-electron chi connectivity index (χ2n) is 7.74. The van der Waals surface area contributed by atoms with E-state index in [1.54, 1.807) is 13.8 Å². The lowest BCUT2D eigenvalue weighted by molar-refractivity contribution is 0.238. The lowest BCUT2D eigenvalue weighted by Crippen LogP contribution is -2.39. The molecular formula is C20H26BrFN4O5S. The molecule has 0 fully saturated rings. The average Bonchev–Trinajstić information content (AvgIpc) is 2.66. The topological polar surface area (TPSA) is 119 Å². The molecule has 0 bridgehead atoms. The van der Waals surface area contributed by atoms with Crippen molar-refractivity contribution in [3.8, 4) is 5.88 Å². The fourth-order valence-electron chi connectivity index (χ4n) is 2.82. The smallest absolute Gasteiger partial charge is 0.315 e. The van der Waals surface area contributed by atoms with Crippen molar-refractivity contribution in [1.29, 1.82) is 0 Å². The molecule has 0 saturated heterocycles. The molecule has 9 nitrogen and oxygen atoms in total. The second-order valence-corrected chi connectivity index (χ2v) is 10.4. The van der Waals surface area contributed by atoms with E-state index in [4.69, 9.17) is 4.74 Å². The van der Waals surface area contributed by atoms with Crippen LogP contribution in [0.4, 0.5) is 9.18 Å². The number of urea groups is 1. The van der Waals surface area contributed by atoms with Gasteiger partial charge in [-0.2, -0.15) is 4.98 Å². The van der Waals surface area contributed by atoms with Crippen LogP contribution in [0.5, 0.6) is 5.88 Å². The molecule has 0 spiro atoms. The quantitative estimate of drug-likeness (QED) is 0.504. The molecule has 0 atom stereocenters. The second kappa shape index (κ2) is 10.4. The van der Waals surface area contributed by atoms with Crippen LogP contribution in [0.3, 0.4) is 0 Å². The Kier molecular flexibility index (Phi) is 8.41. The molecule has 176 valence electrons. The van der Waals surface area contributed by atoms with Gasteiger partial charge in [0.05, 0.1) is 0 Å². The number of hydrogen-bond donors (Lipinski definition) is 2. The predicted molar refractivity (Wildman–Crippen MR) is 121 cm³/mol. The summed E-state index contributed by atoms with van der Waals surface area (Å²) in [5.41, 5.74) is 0.384. The molecule has 0 aliphatic rings. The largest absolute Gasteiger partial charge is 0.472 e. The fourth-order valence-corrected chi connectivity index (χ4v) is 4.12. The minimum Gasteiger partial charge on any atom is -0.472 e. The number of halogens is 2. The highest BCUT2D eigenvalue weighted by Crippen LogP contribution is 2.24. The van der Waals surface area contributed by atoms with E-state index in [0.29, 0.717) is 11.1 Å². The minimum absolute atomic E-state index is 0.0308. The van der Waals surface area contributed by atoms with E-state index < -0.39 is 38.4 Å². The zero-order valence-corrected chi connectivity index (χ0v) is 20.8. The van der Waals surface area contributed by atoms with Crippen molar-refractivity contribution in [2.75, 3.05) is 6.26 Å². The molecule has 1 heterocycles. The first-order valence-electron chi connectivity index (χ1n) is 9.77. The van der Waals surface area contributed by atoms with Crippen LogP contribution in [0.15, 0.2) is 32.6 Å². The van der Waals surface area contributed by atoms with Crippen LogP contribution in [0.2, 0.25) is 0 Å². The van der Waals surface area contributed by atoms with Crippen LogP contribution in [0.25, 0.3) is 0 Å². The summed E-state index contributed by atoms with van der Waals surface area (Å²) in [6.45, 7) is 6.85. The third-order valence-electron chi connectivity index (χ3n) is 4.24. The van der Waals surface area contributed by atoms with Gasteiger partial charge in [-0.05, 0) is 66.9 Å². The number of ether oxygens (including phenoxy) is 1. The molecule has 0 aliphatic carbocycles. The van der Waals surface area contributed by atoms with Crippen molar-refractivity contribution in [1.82, 2.24) is 20.2 Å². The number of sulfone groups is 1. The number of benzene rings is 1. The van der Waals surface area contributed by atoms with Crippen molar-refractivity contribution in [3.05, 3.63) is 50.0 Å². The normalized spacial score (nSPS) is 11.7. The summed E-state index contributed by atoms with van der Waals surface area (Å²) in [6, 6.07) is 3.05. The van der Waals surface area contributed by atoms with Gasteiger partial charge in [-0.1, -0.05) is 6.07 Å². The molecule has 2 aromatic rings. The van der Waals surface area contributed by atoms with Gasteiger partial charge in [-0.25, -0.2) is 17.6 Å². The molecule has 0 aliphatic heterocycles. The van der Waals surface area contributed by atoms with E-state index in [0.717, 1.165) is 10.8 Å². The maximum atomic E-state index is 13.8. The Balaban J connectivity index is 2.34. The maximum Gasteiger partial charge on any atom is 0.315 e. The molecule has 1 aromatic heterocycles. The Morgan fingerprint density at radius 2 is 1.91 bits per heavy atom. The van der Waals surface area contributed by atoms with E-state index in [-0.39, 0.29) is 29.5 Å². The van der Waals surface area contributed by atoms with Crippen LogP contribution < -0.4 is 20.9 Å². The highest BCUT2D eigenvalue weighted by atomic mass is 79.9. The standard InChI is InChI=1S/C20H26BrFN4O5S/c1-11(2)24-19(28)23-9-14-8-15(22)7-6-13(14)10-31-17-16(21)18(27)26(12(3)4)20(25-17)32(5,29)30/h6-8,11-12H,9-10H2,1-5H3,(H2,23,24,28). The van der Waals surface area contributed by atoms with Crippen LogP contribution in [-0.2, 0) is 23.0 Å². The zero-order chi connectivity index (χ0) is 24.2. The van der Waals surface area contributed by atoms with Crippen molar-refractivity contribution in [3.63, 3.8) is 0 Å². The molecule has 2 N–H and O–H groups in total. The molecule has 1 aromatic carbocycles. The minimum atomic E-state index is -3.82. The van der Waals surface area contributed by atoms with Gasteiger partial charge in [0, 0.05) is 24.9 Å². The van der Waals surface area contributed by atoms with Crippen molar-refractivity contribution in [2.24, 2.45) is 0 Å². The Hall–Kier alpha value is -2.47. The number of aromatic nitrogens is 2. The van der Waals surface area contributed by atoms with E-state index >= 15 is 0 Å². The molecule has 0 radical (unpaired) electrons. The first-order chi connectivity index (χ1) is 14.8. The van der Waals surface area contributed by atoms with E-state index in [1.165, 1.54) is 18.2 Å². The zero-order valence-electron chi connectivity index (χ0n) is 18.4. The van der Waals surface area contributed by atoms with E-state index in [2.05, 4.69) is 31.5 Å². The first kappa shape index (κ1) is 25.8. The molecule has 0 unspecified atom stereocenters. The number of carbonyl (C=O) groups is 1. The number of nitrogens with zero attached hydrogens (tertiary/aromatic N) is 2. The van der Waals surface area contributed by atoms with Gasteiger partial charge in [-0.15, -0.1) is 0 Å². The molecule has 32 heavy (non-hydrogen) atoms. The highest BCUT2D eigenvalue weighted by Gasteiger charge is 2.24. The summed E-state index contributed by atoms with van der Waals surface area (Å²) in [7, 11) is -3.82. The monoisotopic (exact) mass is 532 g/mol. The Morgan fingerprint density at radius 3 is 2.47 bits per heavy atom. The molecule has 12 heteroatoms. The number of nitrogens with one attached hydrogen (secondary N) is 2. The Bertz CT molecular complexity index is 1170. The van der Waals surface area contributed by atoms with Crippen molar-refractivity contribution in [2.45, 2.75) is 58.1 Å². The summed E-state index contributed by atoms with van der Waals surface area (Å²) in [5, 5.41) is 4.89. The van der Waals surface area contributed by atoms with Crippen LogP contribution in [-0.4, -0.2) is 36.3 Å². The van der Waals surface area contributed by atoms with Crippen LogP contribution in [0, 0.1) is 5.82 Å². The molecule has 2 amide bonds. The SMILES string of the molecule is CC(C)NC(=O)NCc1cc(F)ccc1COc1nc(S(C)(=O)=O)n(C(C)C)c(=O)c1Br. The summed E-state index contributed by atoms with van der Waals surface area (Å²) < 4.78 is 44.8. The molecule has 0 saturated carbocycles. The van der Waals surface area contributed by atoms with Crippen molar-refractivity contribution >= 4 is 31.8 Å². The predicted octanol–water partition coefficient (Wildman–Crippen LogP) is 2.92. The lowest BCUT2D eigenvalue weighted by atomic mass is 10.1. The van der Waals surface area contributed by atoms with Gasteiger partial charge >= 0.3 is 6.03 Å². The lowest BCUT2D eigenvalue weighted by Gasteiger charge is -2.17.